The van der Waals surface area contributed by atoms with Crippen molar-refractivity contribution in [1.29, 1.82) is 0 Å². The molecular weight excluding hydrogens is 1060 g/mol. The van der Waals surface area contributed by atoms with Gasteiger partial charge in [-0.05, 0) is 141 Å². The fraction of sp³-hybridized carbons (Fsp3) is 0.541. The first-order valence-corrected chi connectivity index (χ1v) is 33.7. The van der Waals surface area contributed by atoms with Crippen LogP contribution in [0.15, 0.2) is 194 Å². The fourth-order valence-corrected chi connectivity index (χ4v) is 8.49. The summed E-state index contributed by atoms with van der Waals surface area (Å²) in [6.45, 7) is 4.12. The molecule has 2 unspecified atom stereocenters. The zero-order valence-electron chi connectivity index (χ0n) is 53.3. The SMILES string of the molecule is CC/C=C\C/C=C\C/C=C\C/C=C\C/C=C\C/C=C\C/C=C\C/C=C\C/C=C\C/C=C\C/C=C\C/C=C\CCCCCCC(=O)OC(COC(=O)CCCCCCCC/C=C\C/C=C\C/C=C\C/C=C\CC)COP(=O)(O)OCC[N+](C)(C)C. The number of rotatable bonds is 56. The third-order valence-corrected chi connectivity index (χ3v) is 13.6. The number of nitrogens with zero attached hydrogens (tertiary/aromatic N) is 1. The van der Waals surface area contributed by atoms with Gasteiger partial charge in [0.05, 0.1) is 27.7 Å². The van der Waals surface area contributed by atoms with Gasteiger partial charge in [-0.1, -0.05) is 247 Å². The second-order valence-electron chi connectivity index (χ2n) is 21.7. The van der Waals surface area contributed by atoms with Gasteiger partial charge in [-0.15, -0.1) is 0 Å². The lowest BCUT2D eigenvalue weighted by Crippen LogP contribution is -2.37. The Bertz CT molecular complexity index is 2120. The normalized spacial score (nSPS) is 14.5. The van der Waals surface area contributed by atoms with Crippen LogP contribution >= 0.6 is 7.82 Å². The number of phosphoric ester groups is 1. The van der Waals surface area contributed by atoms with Crippen LogP contribution in [0.4, 0.5) is 0 Å². The molecule has 1 N–H and O–H groups in total. The number of phosphoric acid groups is 1. The molecule has 2 atom stereocenters. The largest absolute Gasteiger partial charge is 0.472 e. The molecule has 0 aromatic heterocycles. The molecule has 0 aliphatic rings. The van der Waals surface area contributed by atoms with Gasteiger partial charge in [-0.25, -0.2) is 4.57 Å². The molecule has 0 radical (unpaired) electrons. The number of hydrogen-bond donors (Lipinski definition) is 1. The highest BCUT2D eigenvalue weighted by Crippen LogP contribution is 2.43. The summed E-state index contributed by atoms with van der Waals surface area (Å²) < 4.78 is 34.5. The van der Waals surface area contributed by atoms with E-state index < -0.39 is 32.5 Å². The number of carbonyl (C=O) groups is 2. The van der Waals surface area contributed by atoms with Gasteiger partial charge in [-0.3, -0.25) is 18.6 Å². The average molecular weight is 1180 g/mol. The lowest BCUT2D eigenvalue weighted by atomic mass is 10.1. The van der Waals surface area contributed by atoms with Crippen molar-refractivity contribution in [3.8, 4) is 0 Å². The standard InChI is InChI=1S/C74H116NO8P/c1-6-8-10-12-14-16-18-20-22-24-26-27-28-29-30-31-32-33-34-35-36-37-38-39-40-41-42-43-44-45-46-47-49-51-53-55-57-59-61-63-65-67-74(77)83-72(71-82-84(78,79)81-69-68-75(3,4)5)70-80-73(76)66-64-62-60-58-56-54-52-50-48-25-23-21-19-17-15-13-11-9-7-2/h8-11,14-17,20-23,26-27,29-30,32-33,35-36,38-39,41-42,44-45,47-50,53,55,72H,6-7,12-13,18-19,24-25,28,31,34,37,40,43,46,51-52,54,56-71H2,1-5H3/p+1/b10-8-,11-9-,16-14-,17-15-,22-20-,23-21-,27-26-,30-29-,33-32-,36-35-,39-38-,42-41-,45-44-,49-47-,50-48-,55-53-. The first kappa shape index (κ1) is 78.8. The first-order valence-electron chi connectivity index (χ1n) is 32.2. The molecule has 84 heavy (non-hydrogen) atoms. The molecule has 0 aliphatic heterocycles. The van der Waals surface area contributed by atoms with Crippen LogP contribution in [0.1, 0.15) is 206 Å². The lowest BCUT2D eigenvalue weighted by Gasteiger charge is -2.24. The molecular formula is C74H117NO8P+. The summed E-state index contributed by atoms with van der Waals surface area (Å²) in [6, 6.07) is 0. The first-order chi connectivity index (χ1) is 41.0. The van der Waals surface area contributed by atoms with Crippen molar-refractivity contribution in [3.05, 3.63) is 194 Å². The summed E-state index contributed by atoms with van der Waals surface area (Å²) in [5.41, 5.74) is 0. The van der Waals surface area contributed by atoms with Gasteiger partial charge in [0.1, 0.15) is 19.8 Å². The van der Waals surface area contributed by atoms with Crippen LogP contribution in [0.3, 0.4) is 0 Å². The molecule has 0 rings (SSSR count). The van der Waals surface area contributed by atoms with Crippen LogP contribution in [-0.2, 0) is 32.7 Å². The van der Waals surface area contributed by atoms with E-state index in [1.54, 1.807) is 0 Å². The van der Waals surface area contributed by atoms with Gasteiger partial charge in [0.25, 0.3) is 0 Å². The quantitative estimate of drug-likeness (QED) is 0.0211. The van der Waals surface area contributed by atoms with Gasteiger partial charge in [0.15, 0.2) is 6.10 Å². The number of allylic oxidation sites excluding steroid dienone is 32. The van der Waals surface area contributed by atoms with Crippen molar-refractivity contribution in [1.82, 2.24) is 0 Å². The minimum atomic E-state index is -4.41. The summed E-state index contributed by atoms with van der Waals surface area (Å²) >= 11 is 0. The molecule has 0 bridgehead atoms. The van der Waals surface area contributed by atoms with E-state index in [0.717, 1.165) is 167 Å². The van der Waals surface area contributed by atoms with E-state index in [2.05, 4.69) is 208 Å². The lowest BCUT2D eigenvalue weighted by molar-refractivity contribution is -0.870. The van der Waals surface area contributed by atoms with E-state index >= 15 is 0 Å². The van der Waals surface area contributed by atoms with Crippen LogP contribution in [0, 0.1) is 0 Å². The maximum Gasteiger partial charge on any atom is 0.472 e. The summed E-state index contributed by atoms with van der Waals surface area (Å²) in [5, 5.41) is 0. The van der Waals surface area contributed by atoms with E-state index in [4.69, 9.17) is 18.5 Å². The van der Waals surface area contributed by atoms with Crippen molar-refractivity contribution in [2.75, 3.05) is 47.5 Å². The van der Waals surface area contributed by atoms with Gasteiger partial charge in [0.2, 0.25) is 0 Å². The van der Waals surface area contributed by atoms with Crippen LogP contribution < -0.4 is 0 Å². The van der Waals surface area contributed by atoms with Crippen LogP contribution in [0.2, 0.25) is 0 Å². The Kier molecular flexibility index (Phi) is 58.6. The zero-order chi connectivity index (χ0) is 61.2. The van der Waals surface area contributed by atoms with Crippen molar-refractivity contribution < 1.29 is 42.1 Å². The van der Waals surface area contributed by atoms with E-state index in [1.807, 2.05) is 21.1 Å². The number of ether oxygens (including phenoxy) is 2. The van der Waals surface area contributed by atoms with E-state index in [9.17, 15) is 19.0 Å². The Morgan fingerprint density at radius 3 is 0.952 bits per heavy atom. The van der Waals surface area contributed by atoms with Crippen molar-refractivity contribution in [2.24, 2.45) is 0 Å². The average Bonchev–Trinajstić information content (AvgIpc) is 3.61. The van der Waals surface area contributed by atoms with Crippen molar-refractivity contribution in [3.63, 3.8) is 0 Å². The van der Waals surface area contributed by atoms with Gasteiger partial charge in [-0.2, -0.15) is 0 Å². The number of esters is 2. The predicted octanol–water partition coefficient (Wildman–Crippen LogP) is 20.9. The number of likely N-dealkylation sites (N-methyl/N-ethyl adjacent to an activating group) is 1. The highest BCUT2D eigenvalue weighted by Gasteiger charge is 2.27. The maximum absolute atomic E-state index is 12.8. The molecule has 0 saturated heterocycles. The third kappa shape index (κ3) is 66.0. The molecule has 470 valence electrons. The number of unbranched alkanes of at least 4 members (excludes halogenated alkanes) is 10. The van der Waals surface area contributed by atoms with Gasteiger partial charge < -0.3 is 18.9 Å². The number of hydrogen-bond acceptors (Lipinski definition) is 7. The Hall–Kier alpha value is -5.15. The van der Waals surface area contributed by atoms with E-state index in [0.29, 0.717) is 23.9 Å². The second kappa shape index (κ2) is 62.4. The van der Waals surface area contributed by atoms with Crippen molar-refractivity contribution >= 4 is 19.8 Å². The number of carbonyl (C=O) groups excluding carboxylic acids is 2. The Morgan fingerprint density at radius 2 is 0.643 bits per heavy atom. The molecule has 0 aromatic rings. The van der Waals surface area contributed by atoms with Crippen LogP contribution in [0.25, 0.3) is 0 Å². The maximum atomic E-state index is 12.8. The summed E-state index contributed by atoms with van der Waals surface area (Å²) in [4.78, 5) is 35.7. The van der Waals surface area contributed by atoms with E-state index in [-0.39, 0.29) is 26.1 Å². The predicted molar refractivity (Wildman–Crippen MR) is 362 cm³/mol. The Morgan fingerprint density at radius 1 is 0.369 bits per heavy atom. The molecule has 0 aliphatic carbocycles. The molecule has 10 heteroatoms. The zero-order valence-corrected chi connectivity index (χ0v) is 54.2. The highest BCUT2D eigenvalue weighted by atomic mass is 31.2. The van der Waals surface area contributed by atoms with Gasteiger partial charge in [0, 0.05) is 12.8 Å². The Balaban J connectivity index is 4.23. The van der Waals surface area contributed by atoms with Crippen molar-refractivity contribution in [2.45, 2.75) is 213 Å². The second-order valence-corrected chi connectivity index (χ2v) is 23.1. The van der Waals surface area contributed by atoms with Crippen LogP contribution in [-0.4, -0.2) is 74.9 Å². The monoisotopic (exact) mass is 1180 g/mol. The smallest absolute Gasteiger partial charge is 0.462 e. The molecule has 9 nitrogen and oxygen atoms in total. The fourth-order valence-electron chi connectivity index (χ4n) is 7.75. The molecule has 0 heterocycles. The third-order valence-electron chi connectivity index (χ3n) is 12.6. The molecule has 0 aromatic carbocycles. The number of quaternary nitrogens is 1. The summed E-state index contributed by atoms with van der Waals surface area (Å²) in [7, 11) is 1.42. The van der Waals surface area contributed by atoms with Gasteiger partial charge >= 0.3 is 19.8 Å². The summed E-state index contributed by atoms with van der Waals surface area (Å²) in [5.74, 6) is -0.860. The summed E-state index contributed by atoms with van der Waals surface area (Å²) in [6.07, 6.45) is 98.0. The minimum absolute atomic E-state index is 0.0125. The molecule has 0 fully saturated rings. The molecule has 0 amide bonds. The molecule has 0 saturated carbocycles. The Labute approximate surface area is 513 Å². The van der Waals surface area contributed by atoms with Crippen LogP contribution in [0.5, 0.6) is 0 Å². The highest BCUT2D eigenvalue weighted by molar-refractivity contribution is 7.47. The minimum Gasteiger partial charge on any atom is -0.462 e. The molecule has 0 spiro atoms. The topological polar surface area (TPSA) is 108 Å². The van der Waals surface area contributed by atoms with E-state index in [1.165, 1.54) is 0 Å².